The molecule has 1 aliphatic carbocycles. The summed E-state index contributed by atoms with van der Waals surface area (Å²) in [6.45, 7) is 0. The molecule has 0 aromatic carbocycles. The summed E-state index contributed by atoms with van der Waals surface area (Å²) in [5, 5.41) is 2.80. The number of nitrogens with one attached hydrogen (secondary N) is 2. The van der Waals surface area contributed by atoms with Crippen LogP contribution in [0.4, 0.5) is 0 Å². The summed E-state index contributed by atoms with van der Waals surface area (Å²) in [5.41, 5.74) is 5.62. The Hall–Kier alpha value is -1.62. The smallest absolute Gasteiger partial charge is 0.268 e. The van der Waals surface area contributed by atoms with Crippen LogP contribution in [-0.4, -0.2) is 23.0 Å². The highest BCUT2D eigenvalue weighted by Gasteiger charge is 2.27. The van der Waals surface area contributed by atoms with Crippen molar-refractivity contribution in [2.75, 3.05) is 0 Å². The molecule has 1 fully saturated rings. The van der Waals surface area contributed by atoms with Crippen LogP contribution < -0.4 is 16.6 Å². The van der Waals surface area contributed by atoms with E-state index in [2.05, 4.69) is 10.3 Å². The van der Waals surface area contributed by atoms with Gasteiger partial charge in [-0.15, -0.1) is 0 Å². The number of hydrogen-bond acceptors (Lipinski definition) is 3. The normalized spacial score (nSPS) is 24.3. The summed E-state index contributed by atoms with van der Waals surface area (Å²) in [5.74, 6) is -0.246. The largest absolute Gasteiger partial charge is 0.348 e. The van der Waals surface area contributed by atoms with Gasteiger partial charge in [-0.25, -0.2) is 0 Å². The van der Waals surface area contributed by atoms with Crippen molar-refractivity contribution in [3.8, 4) is 0 Å². The SMILES string of the molecule is NC1CC(NC(=O)c2cccc(=O)[nH]2)C1. The highest BCUT2D eigenvalue weighted by atomic mass is 16.2. The Morgan fingerprint density at radius 1 is 1.47 bits per heavy atom. The summed E-state index contributed by atoms with van der Waals surface area (Å²) < 4.78 is 0. The van der Waals surface area contributed by atoms with Gasteiger partial charge in [0.15, 0.2) is 0 Å². The number of amides is 1. The van der Waals surface area contributed by atoms with Gasteiger partial charge in [-0.05, 0) is 18.9 Å². The number of aromatic nitrogens is 1. The van der Waals surface area contributed by atoms with Crippen LogP contribution in [0.3, 0.4) is 0 Å². The molecule has 2 rings (SSSR count). The minimum atomic E-state index is -0.270. The van der Waals surface area contributed by atoms with Gasteiger partial charge >= 0.3 is 0 Å². The molecule has 0 radical (unpaired) electrons. The summed E-state index contributed by atoms with van der Waals surface area (Å²) >= 11 is 0. The van der Waals surface area contributed by atoms with E-state index in [4.69, 9.17) is 5.73 Å². The molecule has 15 heavy (non-hydrogen) atoms. The molecular formula is C10H13N3O2. The molecular weight excluding hydrogens is 194 g/mol. The van der Waals surface area contributed by atoms with E-state index in [1.165, 1.54) is 6.07 Å². The first-order valence-corrected chi connectivity index (χ1v) is 4.91. The van der Waals surface area contributed by atoms with Gasteiger partial charge in [-0.3, -0.25) is 9.59 Å². The number of pyridine rings is 1. The third kappa shape index (κ3) is 2.24. The van der Waals surface area contributed by atoms with Gasteiger partial charge < -0.3 is 16.0 Å². The minimum absolute atomic E-state index is 0.149. The molecule has 0 spiro atoms. The molecule has 0 aliphatic heterocycles. The molecule has 0 bridgehead atoms. The molecule has 1 saturated carbocycles. The average molecular weight is 207 g/mol. The zero-order valence-corrected chi connectivity index (χ0v) is 8.19. The second-order valence-electron chi connectivity index (χ2n) is 3.83. The van der Waals surface area contributed by atoms with Crippen molar-refractivity contribution < 1.29 is 4.79 Å². The van der Waals surface area contributed by atoms with Gasteiger partial charge in [-0.1, -0.05) is 6.07 Å². The summed E-state index contributed by atoms with van der Waals surface area (Å²) in [4.78, 5) is 25.0. The van der Waals surface area contributed by atoms with Gasteiger partial charge in [-0.2, -0.15) is 0 Å². The molecule has 0 saturated heterocycles. The minimum Gasteiger partial charge on any atom is -0.348 e. The van der Waals surface area contributed by atoms with Gasteiger partial charge in [0.25, 0.3) is 5.91 Å². The maximum absolute atomic E-state index is 11.6. The van der Waals surface area contributed by atoms with Crippen LogP contribution in [0.1, 0.15) is 23.3 Å². The fourth-order valence-electron chi connectivity index (χ4n) is 1.62. The zero-order chi connectivity index (χ0) is 10.8. The lowest BCUT2D eigenvalue weighted by Crippen LogP contribution is -2.50. The third-order valence-corrected chi connectivity index (χ3v) is 2.52. The molecule has 1 aromatic rings. The first-order chi connectivity index (χ1) is 7.15. The van der Waals surface area contributed by atoms with E-state index < -0.39 is 0 Å². The first-order valence-electron chi connectivity index (χ1n) is 4.91. The average Bonchev–Trinajstić information content (AvgIpc) is 2.15. The fraction of sp³-hybridized carbons (Fsp3) is 0.400. The van der Waals surface area contributed by atoms with Gasteiger partial charge in [0.05, 0.1) is 0 Å². The number of hydrogen-bond donors (Lipinski definition) is 3. The Labute approximate surface area is 86.7 Å². The lowest BCUT2D eigenvalue weighted by Gasteiger charge is -2.32. The third-order valence-electron chi connectivity index (χ3n) is 2.52. The molecule has 5 nitrogen and oxygen atoms in total. The summed E-state index contributed by atoms with van der Waals surface area (Å²) in [6.07, 6.45) is 1.62. The van der Waals surface area contributed by atoms with Crippen molar-refractivity contribution in [1.29, 1.82) is 0 Å². The Balaban J connectivity index is 1.99. The number of aromatic amines is 1. The van der Waals surface area contributed by atoms with Crippen LogP contribution in [0.15, 0.2) is 23.0 Å². The summed E-state index contributed by atoms with van der Waals surface area (Å²) in [6, 6.07) is 4.85. The number of carbonyl (C=O) groups excluding carboxylic acids is 1. The zero-order valence-electron chi connectivity index (χ0n) is 8.19. The van der Waals surface area contributed by atoms with E-state index in [-0.39, 0.29) is 23.6 Å². The molecule has 0 atom stereocenters. The molecule has 80 valence electrons. The maximum Gasteiger partial charge on any atom is 0.268 e. The molecule has 1 heterocycles. The molecule has 0 unspecified atom stereocenters. The summed E-state index contributed by atoms with van der Waals surface area (Å²) in [7, 11) is 0. The van der Waals surface area contributed by atoms with E-state index in [0.717, 1.165) is 12.8 Å². The van der Waals surface area contributed by atoms with Crippen LogP contribution in [0.25, 0.3) is 0 Å². The Kier molecular flexibility index (Phi) is 2.55. The number of H-pyrrole nitrogens is 1. The quantitative estimate of drug-likeness (QED) is 0.616. The van der Waals surface area contributed by atoms with Gasteiger partial charge in [0, 0.05) is 18.2 Å². The maximum atomic E-state index is 11.6. The van der Waals surface area contributed by atoms with E-state index in [1.54, 1.807) is 12.1 Å². The fourth-order valence-corrected chi connectivity index (χ4v) is 1.62. The van der Waals surface area contributed by atoms with E-state index in [0.29, 0.717) is 5.69 Å². The van der Waals surface area contributed by atoms with Crippen molar-refractivity contribution in [1.82, 2.24) is 10.3 Å². The highest BCUT2D eigenvalue weighted by Crippen LogP contribution is 2.17. The van der Waals surface area contributed by atoms with Crippen LogP contribution >= 0.6 is 0 Å². The highest BCUT2D eigenvalue weighted by molar-refractivity contribution is 5.92. The molecule has 4 N–H and O–H groups in total. The lowest BCUT2D eigenvalue weighted by molar-refractivity contribution is 0.0905. The number of rotatable bonds is 2. The molecule has 1 aliphatic rings. The molecule has 1 aromatic heterocycles. The monoisotopic (exact) mass is 207 g/mol. The predicted octanol–water partition coefficient (Wildman–Crippen LogP) is -0.406. The number of nitrogens with two attached hydrogens (primary N) is 1. The van der Waals surface area contributed by atoms with Gasteiger partial charge in [0.1, 0.15) is 5.69 Å². The van der Waals surface area contributed by atoms with Crippen LogP contribution in [-0.2, 0) is 0 Å². The van der Waals surface area contributed by atoms with Crippen molar-refractivity contribution in [2.24, 2.45) is 5.73 Å². The van der Waals surface area contributed by atoms with Crippen molar-refractivity contribution in [2.45, 2.75) is 24.9 Å². The Morgan fingerprint density at radius 2 is 2.20 bits per heavy atom. The van der Waals surface area contributed by atoms with Crippen LogP contribution in [0.2, 0.25) is 0 Å². The van der Waals surface area contributed by atoms with E-state index in [1.807, 2.05) is 0 Å². The van der Waals surface area contributed by atoms with Crippen LogP contribution in [0.5, 0.6) is 0 Å². The van der Waals surface area contributed by atoms with E-state index >= 15 is 0 Å². The van der Waals surface area contributed by atoms with Crippen molar-refractivity contribution >= 4 is 5.91 Å². The first kappa shape index (κ1) is 9.92. The topological polar surface area (TPSA) is 88.0 Å². The second-order valence-corrected chi connectivity index (χ2v) is 3.83. The Morgan fingerprint density at radius 3 is 2.80 bits per heavy atom. The molecule has 1 amide bonds. The lowest BCUT2D eigenvalue weighted by atomic mass is 9.87. The van der Waals surface area contributed by atoms with Crippen molar-refractivity contribution in [3.63, 3.8) is 0 Å². The van der Waals surface area contributed by atoms with Gasteiger partial charge in [0.2, 0.25) is 5.56 Å². The van der Waals surface area contributed by atoms with Crippen molar-refractivity contribution in [3.05, 3.63) is 34.2 Å². The second kappa shape index (κ2) is 3.86. The predicted molar refractivity (Wildman–Crippen MR) is 55.5 cm³/mol. The Bertz CT molecular complexity index is 421. The number of carbonyl (C=O) groups is 1. The van der Waals surface area contributed by atoms with E-state index in [9.17, 15) is 9.59 Å². The van der Waals surface area contributed by atoms with Crippen LogP contribution in [0, 0.1) is 0 Å². The standard InChI is InChI=1S/C10H13N3O2/c11-6-4-7(5-6)12-10(15)8-2-1-3-9(14)13-8/h1-3,6-7H,4-5,11H2,(H,12,15)(H,13,14). The molecule has 5 heteroatoms.